The van der Waals surface area contributed by atoms with Gasteiger partial charge in [-0.25, -0.2) is 9.59 Å². The minimum Gasteiger partial charge on any atom is -0.469 e. The summed E-state index contributed by atoms with van der Waals surface area (Å²) < 4.78 is 15.9. The first-order chi connectivity index (χ1) is 16.9. The number of hydrogen-bond acceptors (Lipinski definition) is 7. The highest BCUT2D eigenvalue weighted by molar-refractivity contribution is 5.76. The van der Waals surface area contributed by atoms with E-state index in [0.29, 0.717) is 13.0 Å². The summed E-state index contributed by atoms with van der Waals surface area (Å²) in [5, 5.41) is 14.0. The zero-order valence-corrected chi connectivity index (χ0v) is 24.1. The summed E-state index contributed by atoms with van der Waals surface area (Å²) in [7, 11) is 1.24. The number of amides is 2. The number of esters is 1. The van der Waals surface area contributed by atoms with Gasteiger partial charge in [-0.2, -0.15) is 0 Å². The molecule has 0 fully saturated rings. The Balaban J connectivity index is 3.07. The van der Waals surface area contributed by atoms with Crippen molar-refractivity contribution in [3.63, 3.8) is 0 Å². The monoisotopic (exact) mass is 522 g/mol. The molecule has 0 aliphatic rings. The lowest BCUT2D eigenvalue weighted by Gasteiger charge is -2.38. The molecular weight excluding hydrogens is 476 g/mol. The van der Waals surface area contributed by atoms with Crippen molar-refractivity contribution in [2.45, 2.75) is 98.6 Å². The van der Waals surface area contributed by atoms with Gasteiger partial charge in [-0.1, -0.05) is 44.2 Å². The molecule has 0 aliphatic heterocycles. The smallest absolute Gasteiger partial charge is 0.410 e. The number of hydrogen-bond donors (Lipinski definition) is 2. The van der Waals surface area contributed by atoms with E-state index in [9.17, 15) is 19.5 Å². The van der Waals surface area contributed by atoms with Crippen LogP contribution in [-0.2, 0) is 25.5 Å². The molecule has 0 saturated heterocycles. The van der Waals surface area contributed by atoms with Crippen LogP contribution in [0.4, 0.5) is 9.59 Å². The lowest BCUT2D eigenvalue weighted by atomic mass is 9.74. The summed E-state index contributed by atoms with van der Waals surface area (Å²) in [6.07, 6.45) is -2.00. The fraction of sp³-hybridized carbons (Fsp3) is 0.679. The molecule has 1 rings (SSSR count). The highest BCUT2D eigenvalue weighted by atomic mass is 16.6. The van der Waals surface area contributed by atoms with Crippen LogP contribution in [0.15, 0.2) is 30.3 Å². The topological polar surface area (TPSA) is 114 Å². The largest absolute Gasteiger partial charge is 0.469 e. The molecule has 37 heavy (non-hydrogen) atoms. The number of carbonyl (C=O) groups excluding carboxylic acids is 3. The Bertz CT molecular complexity index is 888. The molecule has 9 nitrogen and oxygen atoms in total. The van der Waals surface area contributed by atoms with Crippen molar-refractivity contribution >= 4 is 18.2 Å². The highest BCUT2D eigenvalue weighted by Gasteiger charge is 2.43. The number of benzene rings is 1. The Morgan fingerprint density at radius 2 is 1.49 bits per heavy atom. The number of aliphatic hydroxyl groups is 1. The number of alkyl carbamates (subject to hydrolysis) is 1. The molecule has 1 aromatic carbocycles. The van der Waals surface area contributed by atoms with Crippen LogP contribution in [0.5, 0.6) is 0 Å². The van der Waals surface area contributed by atoms with Gasteiger partial charge in [0, 0.05) is 19.1 Å². The molecule has 210 valence electrons. The molecule has 2 N–H and O–H groups in total. The number of aliphatic hydroxyl groups excluding tert-OH is 1. The maximum absolute atomic E-state index is 13.0. The molecule has 0 aliphatic carbocycles. The number of rotatable bonds is 10. The van der Waals surface area contributed by atoms with Crippen LogP contribution < -0.4 is 5.32 Å². The van der Waals surface area contributed by atoms with E-state index in [0.717, 1.165) is 5.56 Å². The first-order valence-corrected chi connectivity index (χ1v) is 12.6. The summed E-state index contributed by atoms with van der Waals surface area (Å²) in [6, 6.07) is 8.78. The van der Waals surface area contributed by atoms with Crippen molar-refractivity contribution in [1.29, 1.82) is 0 Å². The van der Waals surface area contributed by atoms with Gasteiger partial charge in [0.05, 0.1) is 13.2 Å². The molecule has 0 radical (unpaired) electrons. The van der Waals surface area contributed by atoms with Crippen molar-refractivity contribution in [3.05, 3.63) is 35.9 Å². The second kappa shape index (κ2) is 13.1. The van der Waals surface area contributed by atoms with Gasteiger partial charge in [0.1, 0.15) is 17.1 Å². The van der Waals surface area contributed by atoms with E-state index < -0.39 is 52.8 Å². The summed E-state index contributed by atoms with van der Waals surface area (Å²) in [5.41, 5.74) is -1.28. The number of carbonyl (C=O) groups is 3. The Morgan fingerprint density at radius 3 is 1.97 bits per heavy atom. The third-order valence-electron chi connectivity index (χ3n) is 5.79. The Kier molecular flexibility index (Phi) is 11.4. The zero-order valence-electron chi connectivity index (χ0n) is 24.1. The lowest BCUT2D eigenvalue weighted by molar-refractivity contribution is -0.155. The maximum atomic E-state index is 13.0. The fourth-order valence-corrected chi connectivity index (χ4v) is 3.75. The first kappa shape index (κ1) is 32.2. The Labute approximate surface area is 221 Å². The van der Waals surface area contributed by atoms with E-state index in [2.05, 4.69) is 5.32 Å². The van der Waals surface area contributed by atoms with E-state index in [1.807, 2.05) is 44.2 Å². The van der Waals surface area contributed by atoms with E-state index in [1.165, 1.54) is 7.11 Å². The van der Waals surface area contributed by atoms with Gasteiger partial charge in [0.2, 0.25) is 0 Å². The third kappa shape index (κ3) is 11.4. The van der Waals surface area contributed by atoms with E-state index in [4.69, 9.17) is 14.2 Å². The number of nitrogens with one attached hydrogen (secondary N) is 1. The molecule has 0 heterocycles. The van der Waals surface area contributed by atoms with E-state index >= 15 is 0 Å². The van der Waals surface area contributed by atoms with Gasteiger partial charge < -0.3 is 29.5 Å². The predicted octanol–water partition coefficient (Wildman–Crippen LogP) is 4.90. The van der Waals surface area contributed by atoms with Crippen molar-refractivity contribution in [2.24, 2.45) is 11.3 Å². The number of nitrogens with zero attached hydrogens (tertiary/aromatic N) is 1. The van der Waals surface area contributed by atoms with Gasteiger partial charge in [-0.3, -0.25) is 4.79 Å². The first-order valence-electron chi connectivity index (χ1n) is 12.6. The standard InChI is InChI=1S/C28H46N2O7/c1-19(29-24(33)36-26(2,3)4)21(23(32)35-10)22(31)28(8,9)16-17-30(25(34)37-27(5,6)7)18-20-14-12-11-13-15-20/h11-15,19,21-22,31H,16-18H2,1-10H3,(H,29,33)/t19-,21?,22?/m1/s1. The molecule has 0 bridgehead atoms. The lowest BCUT2D eigenvalue weighted by Crippen LogP contribution is -2.52. The average Bonchev–Trinajstić information content (AvgIpc) is 2.74. The predicted molar refractivity (Wildman–Crippen MR) is 142 cm³/mol. The molecule has 3 atom stereocenters. The van der Waals surface area contributed by atoms with Gasteiger partial charge in [0.15, 0.2) is 0 Å². The average molecular weight is 523 g/mol. The molecule has 9 heteroatoms. The summed E-state index contributed by atoms with van der Waals surface area (Å²) >= 11 is 0. The van der Waals surface area contributed by atoms with Crippen LogP contribution in [-0.4, -0.2) is 65.2 Å². The summed E-state index contributed by atoms with van der Waals surface area (Å²) in [6.45, 7) is 16.5. The number of methoxy groups -OCH3 is 1. The molecule has 1 aromatic rings. The van der Waals surface area contributed by atoms with Crippen molar-refractivity contribution in [2.75, 3.05) is 13.7 Å². The van der Waals surface area contributed by atoms with Crippen LogP contribution in [0.1, 0.15) is 74.3 Å². The molecule has 0 spiro atoms. The van der Waals surface area contributed by atoms with Gasteiger partial charge >= 0.3 is 18.2 Å². The van der Waals surface area contributed by atoms with Crippen LogP contribution in [0.25, 0.3) is 0 Å². The van der Waals surface area contributed by atoms with E-state index in [1.54, 1.807) is 53.4 Å². The highest BCUT2D eigenvalue weighted by Crippen LogP contribution is 2.33. The quantitative estimate of drug-likeness (QED) is 0.332. The summed E-state index contributed by atoms with van der Waals surface area (Å²) in [4.78, 5) is 39.6. The molecule has 2 amide bonds. The van der Waals surface area contributed by atoms with Crippen molar-refractivity contribution in [1.82, 2.24) is 10.2 Å². The second-order valence-corrected chi connectivity index (χ2v) is 12.1. The minimum absolute atomic E-state index is 0.273. The Morgan fingerprint density at radius 1 is 0.946 bits per heavy atom. The van der Waals surface area contributed by atoms with Crippen molar-refractivity contribution in [3.8, 4) is 0 Å². The van der Waals surface area contributed by atoms with Gasteiger partial charge in [0.25, 0.3) is 0 Å². The van der Waals surface area contributed by atoms with Gasteiger partial charge in [-0.15, -0.1) is 0 Å². The van der Waals surface area contributed by atoms with E-state index in [-0.39, 0.29) is 6.54 Å². The second-order valence-electron chi connectivity index (χ2n) is 12.1. The summed E-state index contributed by atoms with van der Waals surface area (Å²) in [5.74, 6) is -1.71. The third-order valence-corrected chi connectivity index (χ3v) is 5.79. The van der Waals surface area contributed by atoms with Crippen molar-refractivity contribution < 1.29 is 33.7 Å². The SMILES string of the molecule is COC(=O)C(C(O)C(C)(C)CCN(Cc1ccccc1)C(=O)OC(C)(C)C)[C@@H](C)NC(=O)OC(C)(C)C. The fourth-order valence-electron chi connectivity index (χ4n) is 3.75. The molecular formula is C28H46N2O7. The normalized spacial score (nSPS) is 14.7. The zero-order chi connectivity index (χ0) is 28.6. The van der Waals surface area contributed by atoms with Crippen LogP contribution in [0.3, 0.4) is 0 Å². The Hall–Kier alpha value is -2.81. The van der Waals surface area contributed by atoms with Crippen LogP contribution in [0, 0.1) is 11.3 Å². The van der Waals surface area contributed by atoms with Gasteiger partial charge in [-0.05, 0) is 65.9 Å². The molecule has 0 aromatic heterocycles. The minimum atomic E-state index is -1.19. The van der Waals surface area contributed by atoms with Crippen LogP contribution >= 0.6 is 0 Å². The molecule has 0 saturated carbocycles. The number of ether oxygens (including phenoxy) is 3. The van der Waals surface area contributed by atoms with Crippen LogP contribution in [0.2, 0.25) is 0 Å². The molecule has 2 unspecified atom stereocenters. The maximum Gasteiger partial charge on any atom is 0.410 e.